The van der Waals surface area contributed by atoms with Crippen LogP contribution in [0.5, 0.6) is 0 Å². The number of rotatable bonds is 18. The Labute approximate surface area is 189 Å². The molecule has 31 heavy (non-hydrogen) atoms. The summed E-state index contributed by atoms with van der Waals surface area (Å²) in [5.41, 5.74) is 2.97. The minimum atomic E-state index is -0.106. The molecule has 0 radical (unpaired) electrons. The predicted molar refractivity (Wildman–Crippen MR) is 135 cm³/mol. The molecule has 0 bridgehead atoms. The predicted octanol–water partition coefficient (Wildman–Crippen LogP) is 6.73. The zero-order chi connectivity index (χ0) is 22.7. The van der Waals surface area contributed by atoms with Crippen molar-refractivity contribution in [1.82, 2.24) is 5.32 Å². The molecule has 1 aromatic rings. The van der Waals surface area contributed by atoms with Gasteiger partial charge in [0.2, 0.25) is 0 Å². The van der Waals surface area contributed by atoms with E-state index < -0.39 is 0 Å². The summed E-state index contributed by atoms with van der Waals surface area (Å²) in [6.45, 7) is 11.3. The van der Waals surface area contributed by atoms with Gasteiger partial charge in [-0.3, -0.25) is 9.98 Å². The summed E-state index contributed by atoms with van der Waals surface area (Å²) in [4.78, 5) is 8.50. The first-order chi connectivity index (χ1) is 15.1. The van der Waals surface area contributed by atoms with E-state index in [1.165, 1.54) is 25.7 Å². The quantitative estimate of drug-likeness (QED) is 0.157. The average Bonchev–Trinajstić information content (AvgIpc) is 2.76. The van der Waals surface area contributed by atoms with Crippen molar-refractivity contribution in [3.05, 3.63) is 59.6 Å². The van der Waals surface area contributed by atoms with E-state index in [1.807, 2.05) is 25.5 Å². The second-order valence-electron chi connectivity index (χ2n) is 8.24. The van der Waals surface area contributed by atoms with Crippen molar-refractivity contribution in [1.29, 1.82) is 0 Å². The maximum Gasteiger partial charge on any atom is 0.126 e. The third kappa shape index (κ3) is 12.4. The number of hydrogen-bond acceptors (Lipinski definition) is 3. The van der Waals surface area contributed by atoms with Crippen LogP contribution >= 0.6 is 0 Å². The van der Waals surface area contributed by atoms with Gasteiger partial charge in [0.15, 0.2) is 0 Å². The van der Waals surface area contributed by atoms with E-state index in [4.69, 9.17) is 0 Å². The van der Waals surface area contributed by atoms with Gasteiger partial charge >= 0.3 is 0 Å². The van der Waals surface area contributed by atoms with E-state index in [0.29, 0.717) is 12.3 Å². The average molecular weight is 428 g/mol. The lowest BCUT2D eigenvalue weighted by atomic mass is 9.93. The molecule has 0 saturated heterocycles. The summed E-state index contributed by atoms with van der Waals surface area (Å²) in [5.74, 6) is 0.585. The Morgan fingerprint density at radius 1 is 1.19 bits per heavy atom. The molecule has 0 aliphatic carbocycles. The summed E-state index contributed by atoms with van der Waals surface area (Å²) in [6.07, 6.45) is 16.2. The van der Waals surface area contributed by atoms with Crippen molar-refractivity contribution >= 4 is 12.9 Å². The zero-order valence-corrected chi connectivity index (χ0v) is 19.7. The zero-order valence-electron chi connectivity index (χ0n) is 19.7. The highest BCUT2D eigenvalue weighted by Crippen LogP contribution is 2.19. The van der Waals surface area contributed by atoms with Crippen LogP contribution in [0.2, 0.25) is 0 Å². The Morgan fingerprint density at radius 2 is 2.03 bits per heavy atom. The van der Waals surface area contributed by atoms with Crippen molar-refractivity contribution in [2.75, 3.05) is 20.1 Å². The topological polar surface area (TPSA) is 36.8 Å². The van der Waals surface area contributed by atoms with Gasteiger partial charge in [0, 0.05) is 19.0 Å². The number of nitrogens with zero attached hydrogens (tertiary/aromatic N) is 2. The number of benzene rings is 1. The van der Waals surface area contributed by atoms with Gasteiger partial charge in [0.25, 0.3) is 0 Å². The number of halogens is 1. The van der Waals surface area contributed by atoms with Crippen LogP contribution in [0.25, 0.3) is 0 Å². The van der Waals surface area contributed by atoms with Crippen LogP contribution in [0.3, 0.4) is 0 Å². The van der Waals surface area contributed by atoms with Crippen LogP contribution in [-0.4, -0.2) is 33.1 Å². The Bertz CT molecular complexity index is 694. The Kier molecular flexibility index (Phi) is 15.3. The van der Waals surface area contributed by atoms with Crippen molar-refractivity contribution in [3.63, 3.8) is 0 Å². The monoisotopic (exact) mass is 427 g/mol. The number of nitrogens with one attached hydrogen (secondary N) is 1. The van der Waals surface area contributed by atoms with Crippen LogP contribution in [0.15, 0.2) is 52.6 Å². The maximum atomic E-state index is 14.0. The lowest BCUT2D eigenvalue weighted by Gasteiger charge is -2.15. The van der Waals surface area contributed by atoms with Crippen molar-refractivity contribution < 1.29 is 4.39 Å². The molecule has 0 spiro atoms. The van der Waals surface area contributed by atoms with E-state index in [1.54, 1.807) is 12.1 Å². The summed E-state index contributed by atoms with van der Waals surface area (Å²) in [6, 6.07) is 5.64. The van der Waals surface area contributed by atoms with Crippen molar-refractivity contribution in [2.24, 2.45) is 15.9 Å². The molecule has 1 rings (SSSR count). The Balaban J connectivity index is 2.36. The molecule has 1 aromatic carbocycles. The first kappa shape index (κ1) is 27.0. The van der Waals surface area contributed by atoms with E-state index in [2.05, 4.69) is 41.6 Å². The van der Waals surface area contributed by atoms with Gasteiger partial charge in [-0.1, -0.05) is 50.8 Å². The summed E-state index contributed by atoms with van der Waals surface area (Å²) < 4.78 is 14.0. The first-order valence-corrected chi connectivity index (χ1v) is 11.8. The molecule has 4 heteroatoms. The van der Waals surface area contributed by atoms with Crippen LogP contribution in [-0.2, 0) is 12.8 Å². The number of hydrogen-bond donors (Lipinski definition) is 1. The largest absolute Gasteiger partial charge is 0.320 e. The Morgan fingerprint density at radius 3 is 2.71 bits per heavy atom. The molecule has 0 aliphatic rings. The van der Waals surface area contributed by atoms with Gasteiger partial charge in [-0.25, -0.2) is 4.39 Å². The fourth-order valence-corrected chi connectivity index (χ4v) is 3.80. The molecule has 0 fully saturated rings. The summed E-state index contributed by atoms with van der Waals surface area (Å²) >= 11 is 0. The summed E-state index contributed by atoms with van der Waals surface area (Å²) in [5, 5.41) is 3.27. The second kappa shape index (κ2) is 17.6. The minimum Gasteiger partial charge on any atom is -0.320 e. The molecule has 1 atom stereocenters. The smallest absolute Gasteiger partial charge is 0.126 e. The van der Waals surface area contributed by atoms with E-state index in [9.17, 15) is 4.39 Å². The van der Waals surface area contributed by atoms with E-state index >= 15 is 0 Å². The fraction of sp³-hybridized carbons (Fsp3) is 0.556. The van der Waals surface area contributed by atoms with E-state index in [0.717, 1.165) is 61.9 Å². The molecule has 172 valence electrons. The highest BCUT2D eigenvalue weighted by atomic mass is 19.1. The van der Waals surface area contributed by atoms with Gasteiger partial charge in [-0.15, -0.1) is 6.58 Å². The number of allylic oxidation sites excluding steroid dienone is 2. The first-order valence-electron chi connectivity index (χ1n) is 11.8. The molecule has 0 heterocycles. The second-order valence-corrected chi connectivity index (χ2v) is 8.24. The van der Waals surface area contributed by atoms with Crippen LogP contribution < -0.4 is 5.32 Å². The van der Waals surface area contributed by atoms with E-state index in [-0.39, 0.29) is 5.82 Å². The fourth-order valence-electron chi connectivity index (χ4n) is 3.80. The van der Waals surface area contributed by atoms with Gasteiger partial charge in [-0.2, -0.15) is 0 Å². The normalized spacial score (nSPS) is 12.9. The van der Waals surface area contributed by atoms with Crippen molar-refractivity contribution in [3.8, 4) is 0 Å². The SMILES string of the molecule is C=CCc1ccc(CCCCCC(CCN=C/C(=C\N=C)CCC)CCNC)cc1F. The third-order valence-corrected chi connectivity index (χ3v) is 5.58. The van der Waals surface area contributed by atoms with Crippen LogP contribution in [0.4, 0.5) is 4.39 Å². The standard InChI is InChI=1S/C27H42FN3/c1-5-10-25(21-30-4)22-31-19-17-23(16-18-29-3)12-8-7-9-13-24-14-15-26(11-6-2)27(28)20-24/h6,14-15,20-23,29H,2,4-5,7-13,16-19H2,1,3H3/b25-21-,31-22?. The highest BCUT2D eigenvalue weighted by Gasteiger charge is 2.08. The Hall–Kier alpha value is -2.07. The van der Waals surface area contributed by atoms with Crippen molar-refractivity contribution in [2.45, 2.75) is 71.1 Å². The van der Waals surface area contributed by atoms with Gasteiger partial charge in [0.1, 0.15) is 5.82 Å². The van der Waals surface area contributed by atoms with Gasteiger partial charge < -0.3 is 5.32 Å². The maximum absolute atomic E-state index is 14.0. The molecule has 0 aliphatic heterocycles. The third-order valence-electron chi connectivity index (χ3n) is 5.58. The molecular formula is C27H42FN3. The number of aryl methyl sites for hydroxylation is 1. The lowest BCUT2D eigenvalue weighted by molar-refractivity contribution is 0.401. The molecule has 0 saturated carbocycles. The molecule has 0 amide bonds. The minimum absolute atomic E-state index is 0.106. The number of unbranched alkanes of at least 4 members (excludes halogenated alkanes) is 2. The molecular weight excluding hydrogens is 385 g/mol. The van der Waals surface area contributed by atoms with Gasteiger partial charge in [0.05, 0.1) is 0 Å². The lowest BCUT2D eigenvalue weighted by Crippen LogP contribution is -2.14. The molecule has 1 unspecified atom stereocenters. The van der Waals surface area contributed by atoms with Crippen LogP contribution in [0, 0.1) is 11.7 Å². The van der Waals surface area contributed by atoms with Crippen LogP contribution in [0.1, 0.15) is 69.4 Å². The number of aliphatic imine (C=N–C) groups is 2. The molecule has 1 N–H and O–H groups in total. The molecule has 0 aromatic heterocycles. The van der Waals surface area contributed by atoms with Gasteiger partial charge in [-0.05, 0) is 87.5 Å². The summed E-state index contributed by atoms with van der Waals surface area (Å²) in [7, 11) is 2.01. The highest BCUT2D eigenvalue weighted by molar-refractivity contribution is 5.78. The molecule has 3 nitrogen and oxygen atoms in total.